The van der Waals surface area contributed by atoms with Gasteiger partial charge in [0.15, 0.2) is 5.13 Å². The van der Waals surface area contributed by atoms with Crippen LogP contribution in [0.15, 0.2) is 18.2 Å². The molecule has 2 saturated carbocycles. The van der Waals surface area contributed by atoms with Crippen molar-refractivity contribution in [3.63, 3.8) is 0 Å². The van der Waals surface area contributed by atoms with Crippen LogP contribution in [0.2, 0.25) is 0 Å². The normalized spacial score (nSPS) is 30.3. The molecule has 0 aliphatic heterocycles. The molecule has 1 amide bonds. The third-order valence-corrected chi connectivity index (χ3v) is 6.49. The maximum Gasteiger partial charge on any atom is 0.229 e. The lowest BCUT2D eigenvalue weighted by Gasteiger charge is -2.43. The molecule has 2 bridgehead atoms. The zero-order valence-corrected chi connectivity index (χ0v) is 14.2. The highest BCUT2D eigenvalue weighted by atomic mass is 32.1. The van der Waals surface area contributed by atoms with Crippen LogP contribution >= 0.6 is 11.3 Å². The highest BCUT2D eigenvalue weighted by Crippen LogP contribution is 2.42. The maximum absolute atomic E-state index is 12.7. The van der Waals surface area contributed by atoms with Gasteiger partial charge in [-0.25, -0.2) is 4.98 Å². The Morgan fingerprint density at radius 1 is 1.30 bits per heavy atom. The van der Waals surface area contributed by atoms with Crippen LogP contribution in [0.5, 0.6) is 0 Å². The van der Waals surface area contributed by atoms with E-state index in [-0.39, 0.29) is 11.8 Å². The van der Waals surface area contributed by atoms with Crippen molar-refractivity contribution >= 4 is 32.6 Å². The van der Waals surface area contributed by atoms with Gasteiger partial charge in [0.25, 0.3) is 0 Å². The monoisotopic (exact) mass is 329 g/mol. The minimum Gasteiger partial charge on any atom is -0.327 e. The second-order valence-electron chi connectivity index (χ2n) is 7.18. The molecule has 5 heteroatoms. The molecule has 4 rings (SSSR count). The molecule has 122 valence electrons. The molecule has 1 heterocycles. The molecule has 1 aromatic carbocycles. The first-order chi connectivity index (χ1) is 11.1. The van der Waals surface area contributed by atoms with E-state index in [1.54, 1.807) is 11.3 Å². The van der Waals surface area contributed by atoms with Gasteiger partial charge in [-0.05, 0) is 62.1 Å². The van der Waals surface area contributed by atoms with Crippen molar-refractivity contribution in [3.8, 4) is 0 Å². The standard InChI is InChI=1S/C18H23N3OS/c1-10-5-6-14-15(7-10)23-18(20-14)21-17(22)13-8-11-3-2-4-12(9-13)16(11)19/h5-7,11-13,16H,2-4,8-9,19H2,1H3,(H,20,21,22). The van der Waals surface area contributed by atoms with Gasteiger partial charge < -0.3 is 11.1 Å². The smallest absolute Gasteiger partial charge is 0.229 e. The van der Waals surface area contributed by atoms with Gasteiger partial charge in [0.1, 0.15) is 0 Å². The van der Waals surface area contributed by atoms with E-state index in [0.717, 1.165) is 28.2 Å². The predicted octanol–water partition coefficient (Wildman–Crippen LogP) is 3.70. The summed E-state index contributed by atoms with van der Waals surface area (Å²) in [6.45, 7) is 2.07. The highest BCUT2D eigenvalue weighted by Gasteiger charge is 2.40. The molecule has 23 heavy (non-hydrogen) atoms. The number of amides is 1. The van der Waals surface area contributed by atoms with Crippen molar-refractivity contribution in [3.05, 3.63) is 23.8 Å². The molecule has 1 aromatic heterocycles. The lowest BCUT2D eigenvalue weighted by atomic mass is 9.65. The number of anilines is 1. The number of carbonyl (C=O) groups is 1. The minimum atomic E-state index is 0.0962. The Bertz CT molecular complexity index is 727. The van der Waals surface area contributed by atoms with Crippen LogP contribution in [0.3, 0.4) is 0 Å². The number of thiazole rings is 1. The first kappa shape index (κ1) is 15.1. The second kappa shape index (κ2) is 5.87. The summed E-state index contributed by atoms with van der Waals surface area (Å²) in [6, 6.07) is 6.49. The fourth-order valence-corrected chi connectivity index (χ4v) is 5.26. The Hall–Kier alpha value is -1.46. The molecule has 2 aliphatic carbocycles. The summed E-state index contributed by atoms with van der Waals surface area (Å²) in [4.78, 5) is 17.2. The van der Waals surface area contributed by atoms with Gasteiger partial charge in [0.2, 0.25) is 5.91 Å². The van der Waals surface area contributed by atoms with E-state index >= 15 is 0 Å². The number of aromatic nitrogens is 1. The largest absolute Gasteiger partial charge is 0.327 e. The first-order valence-electron chi connectivity index (χ1n) is 8.54. The van der Waals surface area contributed by atoms with Crippen LogP contribution in [-0.4, -0.2) is 16.9 Å². The summed E-state index contributed by atoms with van der Waals surface area (Å²) < 4.78 is 1.13. The molecule has 3 N–H and O–H groups in total. The summed E-state index contributed by atoms with van der Waals surface area (Å²) >= 11 is 1.56. The fraction of sp³-hybridized carbons (Fsp3) is 0.556. The summed E-state index contributed by atoms with van der Waals surface area (Å²) in [5.41, 5.74) is 8.50. The third kappa shape index (κ3) is 2.88. The Morgan fingerprint density at radius 3 is 2.78 bits per heavy atom. The first-order valence-corrected chi connectivity index (χ1v) is 9.35. The van der Waals surface area contributed by atoms with E-state index in [0.29, 0.717) is 17.9 Å². The van der Waals surface area contributed by atoms with E-state index < -0.39 is 0 Å². The van der Waals surface area contributed by atoms with Crippen LogP contribution in [0.4, 0.5) is 5.13 Å². The number of benzene rings is 1. The molecule has 2 aliphatic rings. The average Bonchev–Trinajstić information content (AvgIpc) is 2.88. The number of fused-ring (bicyclic) bond motifs is 3. The number of hydrogen-bond acceptors (Lipinski definition) is 4. The van der Waals surface area contributed by atoms with Gasteiger partial charge in [0, 0.05) is 12.0 Å². The van der Waals surface area contributed by atoms with Gasteiger partial charge in [0.05, 0.1) is 10.2 Å². The number of nitrogens with zero attached hydrogens (tertiary/aromatic N) is 1. The molecule has 2 fully saturated rings. The minimum absolute atomic E-state index is 0.0962. The summed E-state index contributed by atoms with van der Waals surface area (Å²) in [7, 11) is 0. The molecule has 2 unspecified atom stereocenters. The van der Waals surface area contributed by atoms with E-state index in [1.807, 2.05) is 6.07 Å². The van der Waals surface area contributed by atoms with Gasteiger partial charge >= 0.3 is 0 Å². The Balaban J connectivity index is 1.48. The number of nitrogens with one attached hydrogen (secondary N) is 1. The van der Waals surface area contributed by atoms with Gasteiger partial charge in [-0.2, -0.15) is 0 Å². The van der Waals surface area contributed by atoms with Crippen LogP contribution in [-0.2, 0) is 4.79 Å². The number of aryl methyl sites for hydroxylation is 1. The zero-order valence-electron chi connectivity index (χ0n) is 13.4. The molecule has 0 spiro atoms. The lowest BCUT2D eigenvalue weighted by Crippen LogP contribution is -2.48. The van der Waals surface area contributed by atoms with Gasteiger partial charge in [-0.1, -0.05) is 23.8 Å². The number of rotatable bonds is 2. The zero-order chi connectivity index (χ0) is 16.0. The van der Waals surface area contributed by atoms with Gasteiger partial charge in [-0.3, -0.25) is 4.79 Å². The van der Waals surface area contributed by atoms with Crippen molar-refractivity contribution < 1.29 is 4.79 Å². The van der Waals surface area contributed by atoms with E-state index in [1.165, 1.54) is 24.8 Å². The Labute approximate surface area is 140 Å². The molecular weight excluding hydrogens is 306 g/mol. The molecule has 2 aromatic rings. The van der Waals surface area contributed by atoms with Crippen LogP contribution in [0.1, 0.15) is 37.7 Å². The van der Waals surface area contributed by atoms with E-state index in [4.69, 9.17) is 5.73 Å². The second-order valence-corrected chi connectivity index (χ2v) is 8.21. The Morgan fingerprint density at radius 2 is 2.04 bits per heavy atom. The van der Waals surface area contributed by atoms with Crippen molar-refractivity contribution in [1.29, 1.82) is 0 Å². The number of hydrogen-bond donors (Lipinski definition) is 2. The van der Waals surface area contributed by atoms with E-state index in [2.05, 4.69) is 29.4 Å². The number of nitrogens with two attached hydrogens (primary N) is 1. The van der Waals surface area contributed by atoms with Gasteiger partial charge in [-0.15, -0.1) is 0 Å². The third-order valence-electron chi connectivity index (χ3n) is 5.56. The lowest BCUT2D eigenvalue weighted by molar-refractivity contribution is -0.122. The molecular formula is C18H23N3OS. The fourth-order valence-electron chi connectivity index (χ4n) is 4.30. The van der Waals surface area contributed by atoms with Crippen molar-refractivity contribution in [2.75, 3.05) is 5.32 Å². The average molecular weight is 329 g/mol. The van der Waals surface area contributed by atoms with Crippen molar-refractivity contribution in [1.82, 2.24) is 4.98 Å². The van der Waals surface area contributed by atoms with Crippen LogP contribution < -0.4 is 11.1 Å². The summed E-state index contributed by atoms with van der Waals surface area (Å²) in [5, 5.41) is 3.77. The SMILES string of the molecule is Cc1ccc2nc(NC(=O)C3CC4CCCC(C3)C4N)sc2c1. The van der Waals surface area contributed by atoms with Crippen molar-refractivity contribution in [2.45, 2.75) is 45.1 Å². The predicted molar refractivity (Wildman–Crippen MR) is 94.5 cm³/mol. The number of carbonyl (C=O) groups excluding carboxylic acids is 1. The molecule has 4 nitrogen and oxygen atoms in total. The molecule has 0 radical (unpaired) electrons. The molecule has 0 saturated heterocycles. The Kier molecular flexibility index (Phi) is 3.85. The molecule has 2 atom stereocenters. The van der Waals surface area contributed by atoms with Crippen molar-refractivity contribution in [2.24, 2.45) is 23.5 Å². The van der Waals surface area contributed by atoms with Crippen LogP contribution in [0.25, 0.3) is 10.2 Å². The summed E-state index contributed by atoms with van der Waals surface area (Å²) in [5.74, 6) is 1.27. The maximum atomic E-state index is 12.7. The quantitative estimate of drug-likeness (QED) is 0.883. The van der Waals surface area contributed by atoms with Crippen LogP contribution in [0, 0.1) is 24.7 Å². The highest BCUT2D eigenvalue weighted by molar-refractivity contribution is 7.22. The topological polar surface area (TPSA) is 68.0 Å². The van der Waals surface area contributed by atoms with E-state index in [9.17, 15) is 4.79 Å². The summed E-state index contributed by atoms with van der Waals surface area (Å²) in [6.07, 6.45) is 5.51.